The molecule has 148 valence electrons. The Hall–Kier alpha value is -2.49. The molecule has 3 rings (SSSR count). The molecule has 2 aromatic rings. The minimum absolute atomic E-state index is 0.0246. The molecule has 0 atom stereocenters. The van der Waals surface area contributed by atoms with Crippen LogP contribution in [0.4, 0.5) is 0 Å². The van der Waals surface area contributed by atoms with Crippen LogP contribution < -0.4 is 4.72 Å². The molecule has 1 aliphatic heterocycles. The molecule has 0 aliphatic carbocycles. The maximum atomic E-state index is 12.8. The number of carbonyl (C=O) groups is 2. The Morgan fingerprint density at radius 3 is 2.36 bits per heavy atom. The molecule has 0 bridgehead atoms. The molecule has 1 saturated heterocycles. The number of benzene rings is 1. The average Bonchev–Trinajstić information content (AvgIpc) is 3.26. The molecule has 1 aromatic heterocycles. The molecule has 1 N–H and O–H groups in total. The Morgan fingerprint density at radius 2 is 1.75 bits per heavy atom. The lowest BCUT2D eigenvalue weighted by Gasteiger charge is -2.34. The highest BCUT2D eigenvalue weighted by Crippen LogP contribution is 2.17. The summed E-state index contributed by atoms with van der Waals surface area (Å²) < 4.78 is 26.9. The molecule has 0 spiro atoms. The van der Waals surface area contributed by atoms with Crippen LogP contribution in [0.5, 0.6) is 0 Å². The van der Waals surface area contributed by atoms with Gasteiger partial charge < -0.3 is 9.80 Å². The van der Waals surface area contributed by atoms with Gasteiger partial charge in [0.15, 0.2) is 0 Å². The Morgan fingerprint density at radius 1 is 1.07 bits per heavy atom. The monoisotopic (exact) mass is 419 g/mol. The van der Waals surface area contributed by atoms with E-state index in [0.29, 0.717) is 36.6 Å². The number of piperazine rings is 1. The quantitative estimate of drug-likeness (QED) is 0.724. The van der Waals surface area contributed by atoms with Crippen LogP contribution in [0.1, 0.15) is 20.0 Å². The second-order valence-electron chi connectivity index (χ2n) is 6.23. The lowest BCUT2D eigenvalue weighted by Crippen LogP contribution is -2.50. The third-order valence-electron chi connectivity index (χ3n) is 4.40. The predicted molar refractivity (Wildman–Crippen MR) is 108 cm³/mol. The van der Waals surface area contributed by atoms with E-state index in [4.69, 9.17) is 0 Å². The smallest absolute Gasteiger partial charge is 0.264 e. The Kier molecular flexibility index (Phi) is 6.28. The third-order valence-corrected chi connectivity index (χ3v) is 6.67. The molecule has 9 heteroatoms. The molecule has 2 amide bonds. The molecule has 7 nitrogen and oxygen atoms in total. The molecule has 0 radical (unpaired) electrons. The number of nitrogens with zero attached hydrogens (tertiary/aromatic N) is 2. The van der Waals surface area contributed by atoms with E-state index in [1.54, 1.807) is 28.0 Å². The highest BCUT2D eigenvalue weighted by atomic mass is 32.2. The number of nitrogens with one attached hydrogen (secondary N) is 1. The van der Waals surface area contributed by atoms with Gasteiger partial charge in [-0.15, -0.1) is 17.9 Å². The summed E-state index contributed by atoms with van der Waals surface area (Å²) >= 11 is 1.40. The summed E-state index contributed by atoms with van der Waals surface area (Å²) in [6.07, 6.45) is 1.45. The molecule has 1 fully saturated rings. The summed E-state index contributed by atoms with van der Waals surface area (Å²) in [4.78, 5) is 29.3. The normalized spacial score (nSPS) is 14.7. The molecular formula is C19H21N3O4S2. The lowest BCUT2D eigenvalue weighted by molar-refractivity contribution is 0.0538. The van der Waals surface area contributed by atoms with E-state index in [0.717, 1.165) is 0 Å². The van der Waals surface area contributed by atoms with E-state index in [2.05, 4.69) is 11.3 Å². The van der Waals surface area contributed by atoms with Crippen molar-refractivity contribution >= 4 is 33.2 Å². The van der Waals surface area contributed by atoms with Crippen LogP contribution in [0.2, 0.25) is 0 Å². The van der Waals surface area contributed by atoms with Crippen LogP contribution in [-0.2, 0) is 10.0 Å². The first-order valence-corrected chi connectivity index (χ1v) is 11.1. The summed E-state index contributed by atoms with van der Waals surface area (Å²) in [5, 5.41) is 1.86. The highest BCUT2D eigenvalue weighted by molar-refractivity contribution is 7.89. The zero-order chi connectivity index (χ0) is 20.1. The van der Waals surface area contributed by atoms with Gasteiger partial charge in [0.25, 0.3) is 11.8 Å². The van der Waals surface area contributed by atoms with Crippen LogP contribution in [0.25, 0.3) is 0 Å². The fraction of sp³-hybridized carbons (Fsp3) is 0.263. The SMILES string of the molecule is C=CCNS(=O)(=O)c1cccc(C(=O)N2CCN(C(=O)c3cccs3)CC2)c1. The second-order valence-corrected chi connectivity index (χ2v) is 8.94. The topological polar surface area (TPSA) is 86.8 Å². The number of hydrogen-bond donors (Lipinski definition) is 1. The van der Waals surface area contributed by atoms with E-state index in [9.17, 15) is 18.0 Å². The lowest BCUT2D eigenvalue weighted by atomic mass is 10.2. The molecular weight excluding hydrogens is 398 g/mol. The van der Waals surface area contributed by atoms with Gasteiger partial charge in [0, 0.05) is 38.3 Å². The van der Waals surface area contributed by atoms with Crippen LogP contribution in [0.3, 0.4) is 0 Å². The van der Waals surface area contributed by atoms with Crippen molar-refractivity contribution in [2.45, 2.75) is 4.90 Å². The van der Waals surface area contributed by atoms with Crippen molar-refractivity contribution < 1.29 is 18.0 Å². The fourth-order valence-electron chi connectivity index (χ4n) is 2.90. The van der Waals surface area contributed by atoms with E-state index in [1.807, 2.05) is 11.4 Å². The summed E-state index contributed by atoms with van der Waals surface area (Å²) in [6, 6.07) is 9.58. The van der Waals surface area contributed by atoms with Gasteiger partial charge in [-0.05, 0) is 29.6 Å². The molecule has 0 unspecified atom stereocenters. The number of rotatable bonds is 6. The Balaban J connectivity index is 1.66. The first-order valence-electron chi connectivity index (χ1n) is 8.75. The predicted octanol–water partition coefficient (Wildman–Crippen LogP) is 1.81. The van der Waals surface area contributed by atoms with E-state index in [-0.39, 0.29) is 23.3 Å². The van der Waals surface area contributed by atoms with Gasteiger partial charge >= 0.3 is 0 Å². The van der Waals surface area contributed by atoms with Gasteiger partial charge in [0.2, 0.25) is 10.0 Å². The largest absolute Gasteiger partial charge is 0.335 e. The number of amides is 2. The third kappa shape index (κ3) is 4.49. The Bertz CT molecular complexity index is 963. The van der Waals surface area contributed by atoms with Gasteiger partial charge in [-0.2, -0.15) is 0 Å². The van der Waals surface area contributed by atoms with Gasteiger partial charge in [0.05, 0.1) is 9.77 Å². The molecule has 1 aromatic carbocycles. The van der Waals surface area contributed by atoms with Crippen molar-refractivity contribution in [2.24, 2.45) is 0 Å². The van der Waals surface area contributed by atoms with Crippen molar-refractivity contribution in [1.29, 1.82) is 0 Å². The molecule has 0 saturated carbocycles. The van der Waals surface area contributed by atoms with E-state index < -0.39 is 10.0 Å². The van der Waals surface area contributed by atoms with Crippen LogP contribution >= 0.6 is 11.3 Å². The fourth-order valence-corrected chi connectivity index (χ4v) is 4.63. The van der Waals surface area contributed by atoms with E-state index >= 15 is 0 Å². The molecule has 2 heterocycles. The Labute approximate surface area is 168 Å². The van der Waals surface area contributed by atoms with Crippen molar-refractivity contribution in [1.82, 2.24) is 14.5 Å². The van der Waals surface area contributed by atoms with Gasteiger partial charge in [-0.1, -0.05) is 18.2 Å². The summed E-state index contributed by atoms with van der Waals surface area (Å²) in [5.74, 6) is -0.271. The van der Waals surface area contributed by atoms with Crippen molar-refractivity contribution in [3.63, 3.8) is 0 Å². The highest BCUT2D eigenvalue weighted by Gasteiger charge is 2.26. The van der Waals surface area contributed by atoms with Gasteiger partial charge in [-0.3, -0.25) is 9.59 Å². The van der Waals surface area contributed by atoms with Crippen LogP contribution in [-0.4, -0.2) is 62.8 Å². The molecule has 28 heavy (non-hydrogen) atoms. The van der Waals surface area contributed by atoms with Crippen molar-refractivity contribution in [3.8, 4) is 0 Å². The number of sulfonamides is 1. The van der Waals surface area contributed by atoms with Crippen LogP contribution in [0, 0.1) is 0 Å². The average molecular weight is 420 g/mol. The van der Waals surface area contributed by atoms with Gasteiger partial charge in [0.1, 0.15) is 0 Å². The number of thiophene rings is 1. The maximum Gasteiger partial charge on any atom is 0.264 e. The zero-order valence-corrected chi connectivity index (χ0v) is 16.8. The zero-order valence-electron chi connectivity index (χ0n) is 15.2. The van der Waals surface area contributed by atoms with Crippen molar-refractivity contribution in [2.75, 3.05) is 32.7 Å². The second kappa shape index (κ2) is 8.68. The van der Waals surface area contributed by atoms with E-state index in [1.165, 1.54) is 29.5 Å². The summed E-state index contributed by atoms with van der Waals surface area (Å²) in [7, 11) is -3.70. The minimum atomic E-state index is -3.70. The van der Waals surface area contributed by atoms with Crippen molar-refractivity contribution in [3.05, 3.63) is 64.9 Å². The number of hydrogen-bond acceptors (Lipinski definition) is 5. The van der Waals surface area contributed by atoms with Crippen LogP contribution in [0.15, 0.2) is 59.3 Å². The van der Waals surface area contributed by atoms with Gasteiger partial charge in [-0.25, -0.2) is 13.1 Å². The maximum absolute atomic E-state index is 12.8. The number of carbonyl (C=O) groups excluding carboxylic acids is 2. The first kappa shape index (κ1) is 20.2. The molecule has 1 aliphatic rings. The summed E-state index contributed by atoms with van der Waals surface area (Å²) in [5.41, 5.74) is 0.305. The summed E-state index contributed by atoms with van der Waals surface area (Å²) in [6.45, 7) is 5.30. The standard InChI is InChI=1S/C19H21N3O4S2/c1-2-8-20-28(25,26)16-6-3-5-15(14-16)18(23)21-9-11-22(12-10-21)19(24)17-7-4-13-27-17/h2-7,13-14,20H,1,8-12H2. The minimum Gasteiger partial charge on any atom is -0.335 e. The first-order chi connectivity index (χ1) is 13.4.